The normalized spacial score (nSPS) is 17.8. The summed E-state index contributed by atoms with van der Waals surface area (Å²) in [7, 11) is 0. The topological polar surface area (TPSA) is 77.7 Å². The highest BCUT2D eigenvalue weighted by molar-refractivity contribution is 8.00. The lowest BCUT2D eigenvalue weighted by molar-refractivity contribution is -0.130. The average molecular weight is 375 g/mol. The summed E-state index contributed by atoms with van der Waals surface area (Å²) in [6.07, 6.45) is 4.57. The molecule has 2 aliphatic rings. The minimum absolute atomic E-state index is 0.139. The number of amides is 1. The summed E-state index contributed by atoms with van der Waals surface area (Å²) in [6.45, 7) is 3.80. The number of aromatic nitrogens is 2. The van der Waals surface area contributed by atoms with Crippen molar-refractivity contribution in [3.63, 3.8) is 0 Å². The number of nitrogens with zero attached hydrogens (tertiary/aromatic N) is 3. The number of likely N-dealkylation sites (tertiary alicyclic amines) is 1. The van der Waals surface area contributed by atoms with Crippen LogP contribution in [0.4, 0.5) is 0 Å². The highest BCUT2D eigenvalue weighted by Crippen LogP contribution is 2.36. The zero-order chi connectivity index (χ0) is 17.9. The standard InChI is InChI=1S/C18H21N3O4S/c1-12(17(22)21-8-4-2-3-5-9-21)26-18-20-19-16(25-18)13-6-7-14-15(10-13)24-11-23-14/h6-7,10,12H,2-5,8-9,11H2,1H3. The molecule has 0 saturated carbocycles. The van der Waals surface area contributed by atoms with E-state index < -0.39 is 0 Å². The maximum absolute atomic E-state index is 12.6. The molecular weight excluding hydrogens is 354 g/mol. The number of ether oxygens (including phenoxy) is 2. The third kappa shape index (κ3) is 3.65. The molecule has 138 valence electrons. The van der Waals surface area contributed by atoms with Crippen LogP contribution < -0.4 is 9.47 Å². The van der Waals surface area contributed by atoms with Crippen molar-refractivity contribution in [3.05, 3.63) is 18.2 Å². The lowest BCUT2D eigenvalue weighted by Gasteiger charge is -2.23. The Bertz CT molecular complexity index is 786. The Hall–Kier alpha value is -2.22. The van der Waals surface area contributed by atoms with Gasteiger partial charge in [-0.05, 0) is 38.0 Å². The van der Waals surface area contributed by atoms with Gasteiger partial charge in [-0.15, -0.1) is 10.2 Å². The van der Waals surface area contributed by atoms with Gasteiger partial charge in [-0.2, -0.15) is 0 Å². The van der Waals surface area contributed by atoms with Crippen LogP contribution in [0.1, 0.15) is 32.6 Å². The van der Waals surface area contributed by atoms with Gasteiger partial charge in [0.25, 0.3) is 5.22 Å². The van der Waals surface area contributed by atoms with Gasteiger partial charge in [0.2, 0.25) is 18.6 Å². The van der Waals surface area contributed by atoms with Gasteiger partial charge in [0.15, 0.2) is 11.5 Å². The molecule has 7 nitrogen and oxygen atoms in total. The minimum Gasteiger partial charge on any atom is -0.454 e. The van der Waals surface area contributed by atoms with Crippen LogP contribution in [0.3, 0.4) is 0 Å². The molecule has 2 aromatic rings. The molecule has 1 amide bonds. The van der Waals surface area contributed by atoms with Gasteiger partial charge in [0, 0.05) is 18.7 Å². The monoisotopic (exact) mass is 375 g/mol. The van der Waals surface area contributed by atoms with Crippen LogP contribution in [0.5, 0.6) is 11.5 Å². The molecule has 1 atom stereocenters. The molecule has 0 radical (unpaired) electrons. The number of thioether (sulfide) groups is 1. The van der Waals surface area contributed by atoms with E-state index in [1.807, 2.05) is 30.0 Å². The Morgan fingerprint density at radius 3 is 2.69 bits per heavy atom. The summed E-state index contributed by atoms with van der Waals surface area (Å²) < 4.78 is 16.4. The third-order valence-corrected chi connectivity index (χ3v) is 5.49. The molecule has 1 aromatic carbocycles. The number of fused-ring (bicyclic) bond motifs is 1. The molecule has 0 bridgehead atoms. The minimum atomic E-state index is -0.252. The highest BCUT2D eigenvalue weighted by atomic mass is 32.2. The van der Waals surface area contributed by atoms with Crippen LogP contribution in [0.25, 0.3) is 11.5 Å². The van der Waals surface area contributed by atoms with Crippen LogP contribution in [0.2, 0.25) is 0 Å². The lowest BCUT2D eigenvalue weighted by atomic mass is 10.2. The van der Waals surface area contributed by atoms with Crippen molar-refractivity contribution in [3.8, 4) is 23.0 Å². The summed E-state index contributed by atoms with van der Waals surface area (Å²) in [5.41, 5.74) is 0.764. The molecule has 0 spiro atoms. The van der Waals surface area contributed by atoms with Gasteiger partial charge < -0.3 is 18.8 Å². The van der Waals surface area contributed by atoms with E-state index in [-0.39, 0.29) is 18.0 Å². The molecule has 1 saturated heterocycles. The van der Waals surface area contributed by atoms with Crippen LogP contribution >= 0.6 is 11.8 Å². The Morgan fingerprint density at radius 2 is 1.88 bits per heavy atom. The molecule has 1 fully saturated rings. The van der Waals surface area contributed by atoms with E-state index >= 15 is 0 Å². The molecule has 0 aliphatic carbocycles. The van der Waals surface area contributed by atoms with Crippen molar-refractivity contribution >= 4 is 17.7 Å². The number of hydrogen-bond donors (Lipinski definition) is 0. The lowest BCUT2D eigenvalue weighted by Crippen LogP contribution is -2.37. The summed E-state index contributed by atoms with van der Waals surface area (Å²) in [5, 5.41) is 8.31. The van der Waals surface area contributed by atoms with Crippen LogP contribution in [-0.2, 0) is 4.79 Å². The SMILES string of the molecule is CC(Sc1nnc(-c2ccc3c(c2)OCO3)o1)C(=O)N1CCCCCC1. The first-order valence-corrected chi connectivity index (χ1v) is 9.77. The van der Waals surface area contributed by atoms with Crippen molar-refractivity contribution < 1.29 is 18.7 Å². The molecule has 26 heavy (non-hydrogen) atoms. The van der Waals surface area contributed by atoms with Gasteiger partial charge in [0.05, 0.1) is 5.25 Å². The summed E-state index contributed by atoms with van der Waals surface area (Å²) in [6, 6.07) is 5.48. The van der Waals surface area contributed by atoms with Crippen LogP contribution in [0, 0.1) is 0 Å². The van der Waals surface area contributed by atoms with Gasteiger partial charge in [-0.3, -0.25) is 4.79 Å². The van der Waals surface area contributed by atoms with E-state index in [9.17, 15) is 4.79 Å². The maximum Gasteiger partial charge on any atom is 0.277 e. The fourth-order valence-electron chi connectivity index (χ4n) is 3.15. The van der Waals surface area contributed by atoms with Crippen molar-refractivity contribution in [2.75, 3.05) is 19.9 Å². The third-order valence-electron chi connectivity index (χ3n) is 4.57. The second kappa shape index (κ2) is 7.57. The maximum atomic E-state index is 12.6. The van der Waals surface area contributed by atoms with Crippen molar-refractivity contribution in [2.24, 2.45) is 0 Å². The van der Waals surface area contributed by atoms with Crippen LogP contribution in [-0.4, -0.2) is 46.1 Å². The second-order valence-corrected chi connectivity index (χ2v) is 7.73. The molecule has 1 aromatic heterocycles. The fraction of sp³-hybridized carbons (Fsp3) is 0.500. The van der Waals surface area contributed by atoms with Gasteiger partial charge in [-0.25, -0.2) is 0 Å². The molecule has 4 rings (SSSR count). The van der Waals surface area contributed by atoms with E-state index in [1.165, 1.54) is 24.6 Å². The summed E-state index contributed by atoms with van der Waals surface area (Å²) in [4.78, 5) is 14.6. The van der Waals surface area contributed by atoms with Crippen molar-refractivity contribution in [1.29, 1.82) is 0 Å². The first-order chi connectivity index (χ1) is 12.7. The number of hydrogen-bond acceptors (Lipinski definition) is 7. The molecule has 2 aliphatic heterocycles. The van der Waals surface area contributed by atoms with E-state index in [1.54, 1.807) is 0 Å². The zero-order valence-electron chi connectivity index (χ0n) is 14.6. The molecule has 8 heteroatoms. The smallest absolute Gasteiger partial charge is 0.277 e. The average Bonchev–Trinajstić information content (AvgIpc) is 3.22. The van der Waals surface area contributed by atoms with E-state index in [2.05, 4.69) is 10.2 Å². The second-order valence-electron chi connectivity index (χ2n) is 6.44. The predicted octanol–water partition coefficient (Wildman–Crippen LogP) is 3.35. The Balaban J connectivity index is 1.42. The number of carbonyl (C=O) groups is 1. The van der Waals surface area contributed by atoms with E-state index in [4.69, 9.17) is 13.9 Å². The Kier molecular flexibility index (Phi) is 5.01. The zero-order valence-corrected chi connectivity index (χ0v) is 15.5. The first-order valence-electron chi connectivity index (χ1n) is 8.90. The van der Waals surface area contributed by atoms with Crippen molar-refractivity contribution in [2.45, 2.75) is 43.1 Å². The first kappa shape index (κ1) is 17.2. The number of benzene rings is 1. The molecule has 1 unspecified atom stereocenters. The van der Waals surface area contributed by atoms with Gasteiger partial charge in [-0.1, -0.05) is 24.6 Å². The quantitative estimate of drug-likeness (QED) is 0.758. The Morgan fingerprint density at radius 1 is 1.12 bits per heavy atom. The highest BCUT2D eigenvalue weighted by Gasteiger charge is 2.24. The van der Waals surface area contributed by atoms with Gasteiger partial charge >= 0.3 is 0 Å². The molecule has 3 heterocycles. The number of carbonyl (C=O) groups excluding carboxylic acids is 1. The molecule has 0 N–H and O–H groups in total. The van der Waals surface area contributed by atoms with E-state index in [0.717, 1.165) is 31.5 Å². The summed E-state index contributed by atoms with van der Waals surface area (Å²) in [5.74, 6) is 1.92. The summed E-state index contributed by atoms with van der Waals surface area (Å²) >= 11 is 1.31. The Labute approximate surface area is 156 Å². The van der Waals surface area contributed by atoms with E-state index in [0.29, 0.717) is 22.6 Å². The van der Waals surface area contributed by atoms with Gasteiger partial charge in [0.1, 0.15) is 0 Å². The number of rotatable bonds is 4. The predicted molar refractivity (Wildman–Crippen MR) is 96.2 cm³/mol. The molecular formula is C18H21N3O4S. The van der Waals surface area contributed by atoms with Crippen molar-refractivity contribution in [1.82, 2.24) is 15.1 Å². The fourth-order valence-corrected chi connectivity index (χ4v) is 3.92. The van der Waals surface area contributed by atoms with Crippen LogP contribution in [0.15, 0.2) is 27.8 Å². The largest absolute Gasteiger partial charge is 0.454 e.